The van der Waals surface area contributed by atoms with E-state index in [4.69, 9.17) is 4.99 Å². The maximum atomic E-state index is 9.98. The summed E-state index contributed by atoms with van der Waals surface area (Å²) in [5.74, 6) is 1.86. The van der Waals surface area contributed by atoms with Crippen molar-refractivity contribution in [2.75, 3.05) is 26.2 Å². The average Bonchev–Trinajstić information content (AvgIpc) is 3.25. The van der Waals surface area contributed by atoms with Gasteiger partial charge < -0.3 is 15.3 Å². The second-order valence-electron chi connectivity index (χ2n) is 6.83. The van der Waals surface area contributed by atoms with Gasteiger partial charge in [-0.2, -0.15) is 5.10 Å². The molecule has 0 radical (unpaired) electrons. The van der Waals surface area contributed by atoms with Gasteiger partial charge in [-0.25, -0.2) is 0 Å². The van der Waals surface area contributed by atoms with E-state index in [1.165, 1.54) is 5.56 Å². The number of guanidine groups is 1. The Morgan fingerprint density at radius 2 is 2.30 bits per heavy atom. The Bertz CT molecular complexity index is 541. The number of hydrogen-bond donors (Lipinski definition) is 2. The fourth-order valence-electron chi connectivity index (χ4n) is 3.74. The Hall–Kier alpha value is -1.56. The van der Waals surface area contributed by atoms with Gasteiger partial charge in [0.05, 0.1) is 12.3 Å². The smallest absolute Gasteiger partial charge is 0.193 e. The summed E-state index contributed by atoms with van der Waals surface area (Å²) >= 11 is 0. The van der Waals surface area contributed by atoms with Crippen LogP contribution in [0.25, 0.3) is 0 Å². The highest BCUT2D eigenvalue weighted by Crippen LogP contribution is 2.28. The molecule has 0 amide bonds. The first-order valence-electron chi connectivity index (χ1n) is 8.87. The van der Waals surface area contributed by atoms with Crippen LogP contribution in [-0.2, 0) is 7.05 Å². The van der Waals surface area contributed by atoms with E-state index in [1.54, 1.807) is 0 Å². The Balaban J connectivity index is 1.62. The zero-order valence-corrected chi connectivity index (χ0v) is 14.3. The number of aryl methyl sites for hydroxylation is 1. The molecule has 1 saturated carbocycles. The van der Waals surface area contributed by atoms with Crippen molar-refractivity contribution in [3.63, 3.8) is 0 Å². The van der Waals surface area contributed by atoms with Gasteiger partial charge in [0, 0.05) is 51.3 Å². The zero-order chi connectivity index (χ0) is 16.2. The quantitative estimate of drug-likeness (QED) is 0.649. The molecule has 128 valence electrons. The van der Waals surface area contributed by atoms with Crippen molar-refractivity contribution in [1.82, 2.24) is 20.0 Å². The molecule has 1 aliphatic carbocycles. The van der Waals surface area contributed by atoms with Gasteiger partial charge in [0.2, 0.25) is 0 Å². The number of aliphatic hydroxyl groups excluding tert-OH is 1. The summed E-state index contributed by atoms with van der Waals surface area (Å²) in [5, 5.41) is 17.7. The third-order valence-electron chi connectivity index (χ3n) is 5.11. The summed E-state index contributed by atoms with van der Waals surface area (Å²) < 4.78 is 1.87. The molecule has 23 heavy (non-hydrogen) atoms. The SMILES string of the molecule is CCNC(=NCC1CCCC1O)N1CCC(c2cnn(C)c2)C1. The van der Waals surface area contributed by atoms with E-state index in [-0.39, 0.29) is 6.10 Å². The summed E-state index contributed by atoms with van der Waals surface area (Å²) in [6.45, 7) is 5.73. The lowest BCUT2D eigenvalue weighted by atomic mass is 10.0. The topological polar surface area (TPSA) is 65.7 Å². The highest BCUT2D eigenvalue weighted by molar-refractivity contribution is 5.80. The van der Waals surface area contributed by atoms with E-state index in [1.807, 2.05) is 17.9 Å². The molecule has 2 heterocycles. The number of aliphatic imine (C=N–C) groups is 1. The first kappa shape index (κ1) is 16.3. The van der Waals surface area contributed by atoms with E-state index < -0.39 is 0 Å². The predicted octanol–water partition coefficient (Wildman–Crippen LogP) is 1.34. The molecule has 3 atom stereocenters. The molecule has 3 unspecified atom stereocenters. The summed E-state index contributed by atoms with van der Waals surface area (Å²) in [6.07, 6.45) is 8.24. The molecule has 1 aromatic rings. The minimum Gasteiger partial charge on any atom is -0.393 e. The van der Waals surface area contributed by atoms with Crippen LogP contribution in [0.3, 0.4) is 0 Å². The molecule has 1 saturated heterocycles. The first-order chi connectivity index (χ1) is 11.2. The van der Waals surface area contributed by atoms with E-state index >= 15 is 0 Å². The molecule has 6 heteroatoms. The van der Waals surface area contributed by atoms with Gasteiger partial charge in [-0.3, -0.25) is 9.67 Å². The largest absolute Gasteiger partial charge is 0.393 e. The van der Waals surface area contributed by atoms with Gasteiger partial charge in [0.25, 0.3) is 0 Å². The van der Waals surface area contributed by atoms with Crippen molar-refractivity contribution in [3.05, 3.63) is 18.0 Å². The van der Waals surface area contributed by atoms with Crippen LogP contribution in [0.5, 0.6) is 0 Å². The summed E-state index contributed by atoms with van der Waals surface area (Å²) in [7, 11) is 1.97. The van der Waals surface area contributed by atoms with Crippen molar-refractivity contribution in [2.24, 2.45) is 18.0 Å². The summed E-state index contributed by atoms with van der Waals surface area (Å²) in [5.41, 5.74) is 1.32. The molecular weight excluding hydrogens is 290 g/mol. The molecule has 2 fully saturated rings. The van der Waals surface area contributed by atoms with Crippen LogP contribution in [0.1, 0.15) is 44.1 Å². The minimum absolute atomic E-state index is 0.164. The molecule has 0 aromatic carbocycles. The maximum Gasteiger partial charge on any atom is 0.193 e. The molecule has 6 nitrogen and oxygen atoms in total. The van der Waals surface area contributed by atoms with Gasteiger partial charge in [-0.1, -0.05) is 6.42 Å². The van der Waals surface area contributed by atoms with Crippen molar-refractivity contribution in [2.45, 2.75) is 44.6 Å². The second-order valence-corrected chi connectivity index (χ2v) is 6.83. The van der Waals surface area contributed by atoms with Crippen LogP contribution >= 0.6 is 0 Å². The molecule has 0 bridgehead atoms. The predicted molar refractivity (Wildman–Crippen MR) is 91.5 cm³/mol. The number of aromatic nitrogens is 2. The van der Waals surface area contributed by atoms with Crippen LogP contribution in [0, 0.1) is 5.92 Å². The van der Waals surface area contributed by atoms with Crippen LogP contribution in [0.2, 0.25) is 0 Å². The van der Waals surface area contributed by atoms with Crippen molar-refractivity contribution in [1.29, 1.82) is 0 Å². The van der Waals surface area contributed by atoms with Gasteiger partial charge in [0.15, 0.2) is 5.96 Å². The Labute approximate surface area is 138 Å². The van der Waals surface area contributed by atoms with Crippen LogP contribution in [-0.4, -0.2) is 58.0 Å². The Morgan fingerprint density at radius 3 is 2.96 bits per heavy atom. The summed E-state index contributed by atoms with van der Waals surface area (Å²) in [6, 6.07) is 0. The molecule has 2 N–H and O–H groups in total. The van der Waals surface area contributed by atoms with E-state index in [0.29, 0.717) is 11.8 Å². The standard InChI is InChI=1S/C17H29N5O/c1-3-18-17(19-9-13-5-4-6-16(13)23)22-8-7-14(12-22)15-10-20-21(2)11-15/h10-11,13-14,16,23H,3-9,12H2,1-2H3,(H,18,19). The van der Waals surface area contributed by atoms with E-state index in [9.17, 15) is 5.11 Å². The number of nitrogens with zero attached hydrogens (tertiary/aromatic N) is 4. The normalized spacial score (nSPS) is 28.6. The number of hydrogen-bond acceptors (Lipinski definition) is 3. The van der Waals surface area contributed by atoms with Crippen molar-refractivity contribution < 1.29 is 5.11 Å². The molecule has 0 spiro atoms. The van der Waals surface area contributed by atoms with E-state index in [2.05, 4.69) is 28.4 Å². The van der Waals surface area contributed by atoms with Gasteiger partial charge in [0.1, 0.15) is 0 Å². The minimum atomic E-state index is -0.164. The van der Waals surface area contributed by atoms with Crippen LogP contribution in [0.15, 0.2) is 17.4 Å². The number of rotatable bonds is 4. The summed E-state index contributed by atoms with van der Waals surface area (Å²) in [4.78, 5) is 7.16. The van der Waals surface area contributed by atoms with Crippen LogP contribution < -0.4 is 5.32 Å². The molecule has 1 aliphatic heterocycles. The van der Waals surface area contributed by atoms with Crippen LogP contribution in [0.4, 0.5) is 0 Å². The molecular formula is C17H29N5O. The number of nitrogens with one attached hydrogen (secondary N) is 1. The highest BCUT2D eigenvalue weighted by Gasteiger charge is 2.28. The monoisotopic (exact) mass is 319 g/mol. The zero-order valence-electron chi connectivity index (χ0n) is 14.3. The lowest BCUT2D eigenvalue weighted by Gasteiger charge is -2.22. The van der Waals surface area contributed by atoms with Crippen molar-refractivity contribution >= 4 is 5.96 Å². The lowest BCUT2D eigenvalue weighted by molar-refractivity contribution is 0.136. The third kappa shape index (κ3) is 3.86. The molecule has 1 aromatic heterocycles. The number of likely N-dealkylation sites (tertiary alicyclic amines) is 1. The lowest BCUT2D eigenvalue weighted by Crippen LogP contribution is -2.40. The molecule has 3 rings (SSSR count). The number of aliphatic hydroxyl groups is 1. The average molecular weight is 319 g/mol. The fourth-order valence-corrected chi connectivity index (χ4v) is 3.74. The van der Waals surface area contributed by atoms with Gasteiger partial charge in [-0.15, -0.1) is 0 Å². The van der Waals surface area contributed by atoms with Gasteiger partial charge >= 0.3 is 0 Å². The van der Waals surface area contributed by atoms with Crippen molar-refractivity contribution in [3.8, 4) is 0 Å². The molecule has 2 aliphatic rings. The Morgan fingerprint density at radius 1 is 1.43 bits per heavy atom. The fraction of sp³-hybridized carbons (Fsp3) is 0.765. The maximum absolute atomic E-state index is 9.98. The van der Waals surface area contributed by atoms with Gasteiger partial charge in [-0.05, 0) is 31.7 Å². The third-order valence-corrected chi connectivity index (χ3v) is 5.11. The first-order valence-corrected chi connectivity index (χ1v) is 8.87. The van der Waals surface area contributed by atoms with E-state index in [0.717, 1.165) is 57.8 Å². The highest BCUT2D eigenvalue weighted by atomic mass is 16.3. The second kappa shape index (κ2) is 7.34. The Kier molecular flexibility index (Phi) is 5.20.